The van der Waals surface area contributed by atoms with Crippen molar-refractivity contribution >= 4 is 23.1 Å². The van der Waals surface area contributed by atoms with E-state index in [2.05, 4.69) is 20.0 Å². The summed E-state index contributed by atoms with van der Waals surface area (Å²) in [5, 5.41) is 6.02. The number of amides is 2. The molecular formula is C17H12F4N4O2S. The van der Waals surface area contributed by atoms with Gasteiger partial charge >= 0.3 is 18.1 Å². The Hall–Kier alpha value is -2.95. The van der Waals surface area contributed by atoms with Gasteiger partial charge in [0.25, 0.3) is 0 Å². The van der Waals surface area contributed by atoms with E-state index in [1.807, 2.05) is 0 Å². The van der Waals surface area contributed by atoms with Crippen LogP contribution in [0.3, 0.4) is 0 Å². The van der Waals surface area contributed by atoms with Gasteiger partial charge in [0.15, 0.2) is 0 Å². The molecule has 0 aliphatic carbocycles. The topological polar surface area (TPSA) is 71.3 Å². The number of alkyl halides is 3. The second-order valence-corrected chi connectivity index (χ2v) is 7.23. The van der Waals surface area contributed by atoms with Gasteiger partial charge in [0, 0.05) is 23.7 Å². The quantitative estimate of drug-likeness (QED) is 0.627. The molecule has 1 aliphatic heterocycles. The van der Waals surface area contributed by atoms with Crippen LogP contribution in [-0.4, -0.2) is 27.6 Å². The number of hydrogen-bond acceptors (Lipinski definition) is 5. The summed E-state index contributed by atoms with van der Waals surface area (Å²) in [6, 6.07) is 6.83. The molecule has 4 rings (SSSR count). The van der Waals surface area contributed by atoms with E-state index in [9.17, 15) is 22.4 Å². The van der Waals surface area contributed by atoms with Crippen LogP contribution in [0.4, 0.5) is 28.0 Å². The van der Waals surface area contributed by atoms with Crippen LogP contribution in [0, 0.1) is 5.82 Å². The van der Waals surface area contributed by atoms with Crippen LogP contribution in [0.2, 0.25) is 0 Å². The monoisotopic (exact) mass is 412 g/mol. The van der Waals surface area contributed by atoms with Crippen LogP contribution in [0.25, 0.3) is 10.7 Å². The minimum absolute atomic E-state index is 0.137. The van der Waals surface area contributed by atoms with Crippen molar-refractivity contribution < 1.29 is 26.9 Å². The average Bonchev–Trinajstić information content (AvgIpc) is 3.27. The highest BCUT2D eigenvalue weighted by Crippen LogP contribution is 2.35. The summed E-state index contributed by atoms with van der Waals surface area (Å²) in [4.78, 5) is 18.7. The fraction of sp³-hybridized carbons (Fsp3) is 0.235. The maximum absolute atomic E-state index is 13.2. The third-order valence-corrected chi connectivity index (χ3v) is 5.35. The van der Waals surface area contributed by atoms with Crippen molar-refractivity contribution in [1.29, 1.82) is 0 Å². The fourth-order valence-electron chi connectivity index (χ4n) is 2.82. The Kier molecular flexibility index (Phi) is 4.53. The highest BCUT2D eigenvalue weighted by Gasteiger charge is 2.38. The Morgan fingerprint density at radius 3 is 2.82 bits per heavy atom. The SMILES string of the molecule is O=C(Nc1cccc(F)c1)N1CCc2sc(-c3noc(C(F)(F)F)n3)cc2C1. The molecule has 0 saturated heterocycles. The van der Waals surface area contributed by atoms with Gasteiger partial charge in [0.1, 0.15) is 5.82 Å². The number of nitrogens with zero attached hydrogens (tertiary/aromatic N) is 3. The minimum atomic E-state index is -4.70. The van der Waals surface area contributed by atoms with Gasteiger partial charge in [0.2, 0.25) is 5.82 Å². The first-order valence-corrected chi connectivity index (χ1v) is 8.95. The third-order valence-electron chi connectivity index (χ3n) is 4.12. The first-order valence-electron chi connectivity index (χ1n) is 8.14. The van der Waals surface area contributed by atoms with Gasteiger partial charge < -0.3 is 14.7 Å². The lowest BCUT2D eigenvalue weighted by Gasteiger charge is -2.27. The number of thiophene rings is 1. The van der Waals surface area contributed by atoms with E-state index in [0.29, 0.717) is 23.5 Å². The maximum Gasteiger partial charge on any atom is 0.471 e. The van der Waals surface area contributed by atoms with Crippen LogP contribution < -0.4 is 5.32 Å². The number of carbonyl (C=O) groups excluding carboxylic acids is 1. The number of rotatable bonds is 2. The van der Waals surface area contributed by atoms with Gasteiger partial charge in [-0.05, 0) is 36.2 Å². The molecule has 1 N–H and O–H groups in total. The summed E-state index contributed by atoms with van der Waals surface area (Å²) in [6.07, 6.45) is -4.16. The van der Waals surface area contributed by atoms with Gasteiger partial charge in [-0.1, -0.05) is 11.2 Å². The predicted octanol–water partition coefficient (Wildman–Crippen LogP) is 4.55. The van der Waals surface area contributed by atoms with Crippen LogP contribution in [0.1, 0.15) is 16.3 Å². The second kappa shape index (κ2) is 6.89. The standard InChI is InChI=1S/C17H12F4N4O2S/c18-10-2-1-3-11(7-10)22-16(26)25-5-4-12-9(8-25)6-13(28-12)14-23-15(27-24-14)17(19,20)21/h1-3,6-7H,4-5,8H2,(H,22,26). The average molecular weight is 412 g/mol. The van der Waals surface area contributed by atoms with Crippen molar-refractivity contribution in [2.45, 2.75) is 19.1 Å². The molecule has 3 aromatic rings. The lowest BCUT2D eigenvalue weighted by Crippen LogP contribution is -2.38. The van der Waals surface area contributed by atoms with E-state index in [1.165, 1.54) is 29.5 Å². The number of halogens is 4. The van der Waals surface area contributed by atoms with Gasteiger partial charge in [-0.3, -0.25) is 0 Å². The Morgan fingerprint density at radius 2 is 2.11 bits per heavy atom. The number of carbonyl (C=O) groups is 1. The predicted molar refractivity (Wildman–Crippen MR) is 92.1 cm³/mol. The van der Waals surface area contributed by atoms with Gasteiger partial charge in [0.05, 0.1) is 4.88 Å². The van der Waals surface area contributed by atoms with E-state index >= 15 is 0 Å². The van der Waals surface area contributed by atoms with E-state index in [1.54, 1.807) is 17.0 Å². The van der Waals surface area contributed by atoms with Gasteiger partial charge in [-0.15, -0.1) is 11.3 Å². The van der Waals surface area contributed by atoms with Gasteiger partial charge in [-0.2, -0.15) is 18.2 Å². The molecular weight excluding hydrogens is 400 g/mol. The molecule has 28 heavy (non-hydrogen) atoms. The summed E-state index contributed by atoms with van der Waals surface area (Å²) < 4.78 is 55.4. The van der Waals surface area contributed by atoms with E-state index in [4.69, 9.17) is 0 Å². The number of urea groups is 1. The zero-order chi connectivity index (χ0) is 19.9. The molecule has 6 nitrogen and oxygen atoms in total. The van der Waals surface area contributed by atoms with Crippen molar-refractivity contribution in [2.24, 2.45) is 0 Å². The summed E-state index contributed by atoms with van der Waals surface area (Å²) in [5.74, 6) is -1.99. The van der Waals surface area contributed by atoms with E-state index in [-0.39, 0.29) is 18.4 Å². The Labute approximate surface area is 159 Å². The van der Waals surface area contributed by atoms with Crippen LogP contribution in [0.5, 0.6) is 0 Å². The molecule has 2 amide bonds. The Bertz CT molecular complexity index is 1030. The molecule has 0 fully saturated rings. The van der Waals surface area contributed by atoms with Gasteiger partial charge in [-0.25, -0.2) is 9.18 Å². The number of benzene rings is 1. The molecule has 3 heterocycles. The van der Waals surface area contributed by atoms with Crippen molar-refractivity contribution in [3.63, 3.8) is 0 Å². The molecule has 0 spiro atoms. The maximum atomic E-state index is 13.2. The number of aromatic nitrogens is 2. The highest BCUT2D eigenvalue weighted by molar-refractivity contribution is 7.15. The molecule has 0 radical (unpaired) electrons. The number of hydrogen-bond donors (Lipinski definition) is 1. The minimum Gasteiger partial charge on any atom is -0.329 e. The summed E-state index contributed by atoms with van der Waals surface area (Å²) in [7, 11) is 0. The van der Waals surface area contributed by atoms with Crippen molar-refractivity contribution in [3.05, 3.63) is 52.5 Å². The molecule has 146 valence electrons. The largest absolute Gasteiger partial charge is 0.471 e. The number of nitrogens with one attached hydrogen (secondary N) is 1. The molecule has 0 saturated carbocycles. The molecule has 2 aromatic heterocycles. The molecule has 11 heteroatoms. The van der Waals surface area contributed by atoms with Crippen molar-refractivity contribution in [3.8, 4) is 10.7 Å². The number of anilines is 1. The Balaban J connectivity index is 1.48. The molecule has 1 aromatic carbocycles. The normalized spacial score (nSPS) is 14.1. The van der Waals surface area contributed by atoms with Crippen molar-refractivity contribution in [2.75, 3.05) is 11.9 Å². The van der Waals surface area contributed by atoms with Crippen LogP contribution in [-0.2, 0) is 19.1 Å². The molecule has 1 aliphatic rings. The lowest BCUT2D eigenvalue weighted by atomic mass is 10.1. The number of fused-ring (bicyclic) bond motifs is 1. The first kappa shape index (κ1) is 18.4. The first-order chi connectivity index (χ1) is 13.3. The molecule has 0 atom stereocenters. The molecule has 0 unspecified atom stereocenters. The zero-order valence-electron chi connectivity index (χ0n) is 14.1. The zero-order valence-corrected chi connectivity index (χ0v) is 14.9. The van der Waals surface area contributed by atoms with Crippen LogP contribution >= 0.6 is 11.3 Å². The molecule has 0 bridgehead atoms. The van der Waals surface area contributed by atoms with Crippen LogP contribution in [0.15, 0.2) is 34.9 Å². The third kappa shape index (κ3) is 3.70. The smallest absolute Gasteiger partial charge is 0.329 e. The highest BCUT2D eigenvalue weighted by atomic mass is 32.1. The van der Waals surface area contributed by atoms with Crippen molar-refractivity contribution in [1.82, 2.24) is 15.0 Å². The summed E-state index contributed by atoms with van der Waals surface area (Å²) >= 11 is 1.27. The summed E-state index contributed by atoms with van der Waals surface area (Å²) in [6.45, 7) is 0.700. The van der Waals surface area contributed by atoms with E-state index < -0.39 is 17.9 Å². The van der Waals surface area contributed by atoms with E-state index in [0.717, 1.165) is 10.4 Å². The lowest BCUT2D eigenvalue weighted by molar-refractivity contribution is -0.159. The Morgan fingerprint density at radius 1 is 1.29 bits per heavy atom. The second-order valence-electron chi connectivity index (χ2n) is 6.09. The summed E-state index contributed by atoms with van der Waals surface area (Å²) in [5.41, 5.74) is 1.15. The fourth-order valence-corrected chi connectivity index (χ4v) is 3.91.